The SMILES string of the molecule is Cc1ccc(S(=O)(=O)N[C@@]2(C(=O)O)CCCN2)cc1. The summed E-state index contributed by atoms with van der Waals surface area (Å²) in [5, 5.41) is 11.9. The van der Waals surface area contributed by atoms with Gasteiger partial charge in [0.15, 0.2) is 5.66 Å². The van der Waals surface area contributed by atoms with Crippen molar-refractivity contribution in [3.8, 4) is 0 Å². The molecule has 2 rings (SSSR count). The molecule has 1 atom stereocenters. The number of sulfonamides is 1. The molecule has 0 saturated carbocycles. The first-order valence-corrected chi connectivity index (χ1v) is 7.43. The Bertz CT molecular complexity index is 574. The molecule has 0 bridgehead atoms. The molecule has 7 heteroatoms. The van der Waals surface area contributed by atoms with Gasteiger partial charge in [-0.2, -0.15) is 4.72 Å². The third kappa shape index (κ3) is 2.78. The summed E-state index contributed by atoms with van der Waals surface area (Å²) in [6, 6.07) is 6.26. The standard InChI is InChI=1S/C12H16N2O4S/c1-9-3-5-10(6-4-9)19(17,18)14-12(11(15)16)7-2-8-13-12/h3-6,13-14H,2,7-8H2,1H3,(H,15,16)/t12-/m1/s1. The number of benzene rings is 1. The van der Waals surface area contributed by atoms with Crippen molar-refractivity contribution in [2.75, 3.05) is 6.54 Å². The van der Waals surface area contributed by atoms with Gasteiger partial charge in [0.1, 0.15) is 0 Å². The van der Waals surface area contributed by atoms with Gasteiger partial charge in [0.05, 0.1) is 4.90 Å². The van der Waals surface area contributed by atoms with Crippen LogP contribution in [0.15, 0.2) is 29.2 Å². The van der Waals surface area contributed by atoms with E-state index in [9.17, 15) is 18.3 Å². The number of aliphatic carboxylic acids is 1. The molecule has 1 heterocycles. The second-order valence-corrected chi connectivity index (χ2v) is 6.34. The Morgan fingerprint density at radius 3 is 2.47 bits per heavy atom. The van der Waals surface area contributed by atoms with E-state index < -0.39 is 21.7 Å². The van der Waals surface area contributed by atoms with Crippen LogP contribution in [0, 0.1) is 6.92 Å². The Morgan fingerprint density at radius 1 is 1.37 bits per heavy atom. The second kappa shape index (κ2) is 4.92. The number of rotatable bonds is 4. The molecule has 0 unspecified atom stereocenters. The van der Waals surface area contributed by atoms with Gasteiger partial charge in [-0.25, -0.2) is 13.2 Å². The molecule has 104 valence electrons. The van der Waals surface area contributed by atoms with Crippen molar-refractivity contribution in [2.24, 2.45) is 0 Å². The topological polar surface area (TPSA) is 95.5 Å². The number of carbonyl (C=O) groups is 1. The highest BCUT2D eigenvalue weighted by Gasteiger charge is 2.44. The quantitative estimate of drug-likeness (QED) is 0.745. The highest BCUT2D eigenvalue weighted by Crippen LogP contribution is 2.20. The summed E-state index contributed by atoms with van der Waals surface area (Å²) in [4.78, 5) is 11.4. The van der Waals surface area contributed by atoms with E-state index in [2.05, 4.69) is 10.0 Å². The highest BCUT2D eigenvalue weighted by atomic mass is 32.2. The molecule has 19 heavy (non-hydrogen) atoms. The van der Waals surface area contributed by atoms with E-state index >= 15 is 0 Å². The Kier molecular flexibility index (Phi) is 3.62. The van der Waals surface area contributed by atoms with Gasteiger partial charge < -0.3 is 5.11 Å². The third-order valence-electron chi connectivity index (χ3n) is 3.16. The Morgan fingerprint density at radius 2 is 2.00 bits per heavy atom. The van der Waals surface area contributed by atoms with Gasteiger partial charge in [-0.1, -0.05) is 17.7 Å². The van der Waals surface area contributed by atoms with Crippen molar-refractivity contribution >= 4 is 16.0 Å². The summed E-state index contributed by atoms with van der Waals surface area (Å²) in [5.41, 5.74) is -0.658. The van der Waals surface area contributed by atoms with Gasteiger partial charge in [0.2, 0.25) is 10.0 Å². The van der Waals surface area contributed by atoms with Crippen LogP contribution in [0.4, 0.5) is 0 Å². The maximum Gasteiger partial charge on any atom is 0.339 e. The van der Waals surface area contributed by atoms with Gasteiger partial charge in [0, 0.05) is 0 Å². The minimum Gasteiger partial charge on any atom is -0.479 e. The molecule has 1 fully saturated rings. The average molecular weight is 284 g/mol. The van der Waals surface area contributed by atoms with Crippen LogP contribution in [-0.2, 0) is 14.8 Å². The molecule has 0 aromatic heterocycles. The molecule has 6 nitrogen and oxygen atoms in total. The molecule has 1 aliphatic heterocycles. The lowest BCUT2D eigenvalue weighted by atomic mass is 10.1. The average Bonchev–Trinajstić information content (AvgIpc) is 2.78. The number of hydrogen-bond acceptors (Lipinski definition) is 4. The molecule has 1 aromatic rings. The molecule has 3 N–H and O–H groups in total. The van der Waals surface area contributed by atoms with E-state index in [0.717, 1.165) is 5.56 Å². The zero-order chi connectivity index (χ0) is 14.1. The largest absolute Gasteiger partial charge is 0.479 e. The van der Waals surface area contributed by atoms with Crippen molar-refractivity contribution in [1.29, 1.82) is 0 Å². The molecule has 0 spiro atoms. The monoisotopic (exact) mass is 284 g/mol. The minimum absolute atomic E-state index is 0.0624. The van der Waals surface area contributed by atoms with Crippen molar-refractivity contribution in [3.05, 3.63) is 29.8 Å². The van der Waals surface area contributed by atoms with Crippen LogP contribution in [0.1, 0.15) is 18.4 Å². The molecule has 0 radical (unpaired) electrons. The lowest BCUT2D eigenvalue weighted by molar-refractivity contribution is -0.144. The molecule has 1 aromatic carbocycles. The van der Waals surface area contributed by atoms with Crippen molar-refractivity contribution in [1.82, 2.24) is 10.0 Å². The molecule has 0 aliphatic carbocycles. The van der Waals surface area contributed by atoms with Crippen LogP contribution in [0.3, 0.4) is 0 Å². The van der Waals surface area contributed by atoms with E-state index in [1.54, 1.807) is 12.1 Å². The van der Waals surface area contributed by atoms with Gasteiger partial charge in [-0.05, 0) is 38.4 Å². The number of aryl methyl sites for hydroxylation is 1. The second-order valence-electron chi connectivity index (χ2n) is 4.66. The van der Waals surface area contributed by atoms with Crippen LogP contribution in [-0.4, -0.2) is 31.7 Å². The first-order valence-electron chi connectivity index (χ1n) is 5.95. The van der Waals surface area contributed by atoms with Gasteiger partial charge in [0.25, 0.3) is 0 Å². The smallest absolute Gasteiger partial charge is 0.339 e. The zero-order valence-electron chi connectivity index (χ0n) is 10.5. The maximum atomic E-state index is 12.2. The summed E-state index contributed by atoms with van der Waals surface area (Å²) in [6.07, 6.45) is 0.843. The summed E-state index contributed by atoms with van der Waals surface area (Å²) in [5.74, 6) is -1.21. The molecule has 1 saturated heterocycles. The van der Waals surface area contributed by atoms with E-state index in [1.165, 1.54) is 12.1 Å². The predicted molar refractivity (Wildman–Crippen MR) is 69.1 cm³/mol. The van der Waals surface area contributed by atoms with Gasteiger partial charge in [-0.3, -0.25) is 5.32 Å². The van der Waals surface area contributed by atoms with Crippen LogP contribution < -0.4 is 10.0 Å². The van der Waals surface area contributed by atoms with E-state index in [0.29, 0.717) is 13.0 Å². The molecule has 0 amide bonds. The lowest BCUT2D eigenvalue weighted by Gasteiger charge is -2.25. The van der Waals surface area contributed by atoms with E-state index in [4.69, 9.17) is 0 Å². The fraction of sp³-hybridized carbons (Fsp3) is 0.417. The fourth-order valence-electron chi connectivity index (χ4n) is 2.06. The van der Waals surface area contributed by atoms with Crippen molar-refractivity contribution < 1.29 is 18.3 Å². The number of nitrogens with one attached hydrogen (secondary N) is 2. The number of carboxylic acids is 1. The summed E-state index contributed by atoms with van der Waals surface area (Å²) >= 11 is 0. The van der Waals surface area contributed by atoms with Crippen LogP contribution in [0.2, 0.25) is 0 Å². The van der Waals surface area contributed by atoms with Gasteiger partial charge >= 0.3 is 5.97 Å². The number of carboxylic acid groups (broad SMARTS) is 1. The summed E-state index contributed by atoms with van der Waals surface area (Å²) in [7, 11) is -3.86. The van der Waals surface area contributed by atoms with Crippen molar-refractivity contribution in [2.45, 2.75) is 30.3 Å². The Hall–Kier alpha value is -1.44. The fourth-order valence-corrected chi connectivity index (χ4v) is 3.40. The first kappa shape index (κ1) is 14.0. The van der Waals surface area contributed by atoms with Crippen LogP contribution in [0.25, 0.3) is 0 Å². The lowest BCUT2D eigenvalue weighted by Crippen LogP contribution is -2.60. The summed E-state index contributed by atoms with van der Waals surface area (Å²) in [6.45, 7) is 2.32. The Labute approximate surface area is 111 Å². The third-order valence-corrected chi connectivity index (χ3v) is 4.67. The predicted octanol–water partition coefficient (Wildman–Crippen LogP) is 0.438. The van der Waals surface area contributed by atoms with E-state index in [-0.39, 0.29) is 11.3 Å². The molecule has 1 aliphatic rings. The minimum atomic E-state index is -3.86. The summed E-state index contributed by atoms with van der Waals surface area (Å²) < 4.78 is 26.7. The molecular formula is C12H16N2O4S. The zero-order valence-corrected chi connectivity index (χ0v) is 11.3. The van der Waals surface area contributed by atoms with Gasteiger partial charge in [-0.15, -0.1) is 0 Å². The highest BCUT2D eigenvalue weighted by molar-refractivity contribution is 7.89. The first-order chi connectivity index (χ1) is 8.86. The van der Waals surface area contributed by atoms with Crippen molar-refractivity contribution in [3.63, 3.8) is 0 Å². The van der Waals surface area contributed by atoms with Crippen LogP contribution in [0.5, 0.6) is 0 Å². The Balaban J connectivity index is 2.30. The molecular weight excluding hydrogens is 268 g/mol. The normalized spacial score (nSPS) is 23.4. The number of hydrogen-bond donors (Lipinski definition) is 3. The van der Waals surface area contributed by atoms with E-state index in [1.807, 2.05) is 6.92 Å². The van der Waals surface area contributed by atoms with Crippen LogP contribution >= 0.6 is 0 Å². The maximum absolute atomic E-state index is 12.2.